The van der Waals surface area contributed by atoms with Crippen molar-refractivity contribution in [1.82, 2.24) is 44.4 Å². The van der Waals surface area contributed by atoms with Gasteiger partial charge in [-0.3, -0.25) is 14.7 Å². The van der Waals surface area contributed by atoms with E-state index in [1.165, 1.54) is 36.4 Å². The van der Waals surface area contributed by atoms with Crippen LogP contribution in [0.15, 0.2) is 109 Å². The second kappa shape index (κ2) is 35.7. The highest BCUT2D eigenvalue weighted by Gasteiger charge is 2.46. The number of rotatable bonds is 27. The van der Waals surface area contributed by atoms with Crippen molar-refractivity contribution in [2.45, 2.75) is 172 Å². The maximum absolute atomic E-state index is 15.8. The summed E-state index contributed by atoms with van der Waals surface area (Å²) in [5.74, 6) is -4.75. The van der Waals surface area contributed by atoms with Gasteiger partial charge in [0.2, 0.25) is 0 Å². The number of H-pyrrole nitrogens is 3. The lowest BCUT2D eigenvalue weighted by Crippen LogP contribution is -2.49. The molecule has 0 amide bonds. The molecule has 9 aromatic rings. The lowest BCUT2D eigenvalue weighted by molar-refractivity contribution is -0.00589. The molecule has 15 rings (SSSR count). The van der Waals surface area contributed by atoms with Crippen molar-refractivity contribution in [2.75, 3.05) is 98.4 Å². The van der Waals surface area contributed by atoms with Crippen LogP contribution in [0.4, 0.5) is 39.5 Å². The van der Waals surface area contributed by atoms with Gasteiger partial charge < -0.3 is 60.3 Å². The van der Waals surface area contributed by atoms with Gasteiger partial charge in [0.1, 0.15) is 53.4 Å². The minimum Gasteiger partial charge on any atom is -0.393 e. The van der Waals surface area contributed by atoms with E-state index < -0.39 is 110 Å². The molecule has 0 saturated carbocycles. The Kier molecular flexibility index (Phi) is 26.3. The Morgan fingerprint density at radius 3 is 0.838 bits per heavy atom. The number of unbranched alkanes of at least 4 members (excludes halogenated alkanes) is 3. The second-order valence-corrected chi connectivity index (χ2v) is 32.1. The van der Waals surface area contributed by atoms with E-state index in [0.29, 0.717) is 75.6 Å². The van der Waals surface area contributed by atoms with Crippen LogP contribution < -0.4 is 0 Å². The lowest BCUT2D eigenvalue weighted by Gasteiger charge is -2.42. The molecule has 0 aliphatic carbocycles. The molecule has 600 valence electrons. The number of benzene rings is 6. The smallest absolute Gasteiger partial charge is 0.136 e. The molecule has 3 saturated heterocycles. The van der Waals surface area contributed by atoms with Crippen LogP contribution in [-0.4, -0.2) is 210 Å². The molecule has 6 aliphatic heterocycles. The number of hydrogen-bond acceptors (Lipinski definition) is 12. The Bertz CT molecular complexity index is 4110. The highest BCUT2D eigenvalue weighted by atomic mass is 19.2. The first-order valence-corrected chi connectivity index (χ1v) is 39.9. The van der Waals surface area contributed by atoms with Crippen molar-refractivity contribution in [3.8, 4) is 0 Å². The molecule has 0 unspecified atom stereocenters. The number of alkyl halides is 3. The number of aliphatic hydroxyl groups is 6. The van der Waals surface area contributed by atoms with Crippen LogP contribution in [0.2, 0.25) is 0 Å². The summed E-state index contributed by atoms with van der Waals surface area (Å²) in [6.45, 7) is 16.8. The summed E-state index contributed by atoms with van der Waals surface area (Å²) in [7, 11) is 0. The minimum absolute atomic E-state index is 0.0649. The minimum atomic E-state index is -1.54. The summed E-state index contributed by atoms with van der Waals surface area (Å²) < 4.78 is 138. The van der Waals surface area contributed by atoms with Gasteiger partial charge in [-0.05, 0) is 167 Å². The molecule has 111 heavy (non-hydrogen) atoms. The molecule has 0 radical (unpaired) electrons. The zero-order valence-corrected chi connectivity index (χ0v) is 64.3. The number of halogens is 9. The first-order chi connectivity index (χ1) is 53.4. The largest absolute Gasteiger partial charge is 0.393 e. The maximum atomic E-state index is 15.8. The van der Waals surface area contributed by atoms with Crippen LogP contribution in [0.5, 0.6) is 0 Å². The van der Waals surface area contributed by atoms with Gasteiger partial charge in [-0.2, -0.15) is 0 Å². The number of para-hydroxylation sites is 3. The fraction of sp³-hybridized carbons (Fsp3) is 0.517. The van der Waals surface area contributed by atoms with E-state index in [4.69, 9.17) is 0 Å². The number of aromatic amines is 3. The normalized spacial score (nSPS) is 22.7. The van der Waals surface area contributed by atoms with Crippen LogP contribution in [0.1, 0.15) is 184 Å². The van der Waals surface area contributed by atoms with Crippen molar-refractivity contribution in [3.05, 3.63) is 211 Å². The Balaban J connectivity index is 0.000000146. The van der Waals surface area contributed by atoms with Gasteiger partial charge in [-0.25, -0.2) is 39.5 Å². The first-order valence-electron chi connectivity index (χ1n) is 39.9. The number of aliphatic hydroxyl groups excluding tert-OH is 6. The van der Waals surface area contributed by atoms with Gasteiger partial charge in [0, 0.05) is 161 Å². The molecular weight excluding hydrogens is 1440 g/mol. The molecule has 9 heterocycles. The van der Waals surface area contributed by atoms with Gasteiger partial charge in [-0.1, -0.05) is 94.6 Å². The molecule has 9 N–H and O–H groups in total. The molecule has 12 atom stereocenters. The molecule has 15 nitrogen and oxygen atoms in total. The van der Waals surface area contributed by atoms with Crippen molar-refractivity contribution in [1.29, 1.82) is 0 Å². The fourth-order valence-electron chi connectivity index (χ4n) is 18.2. The van der Waals surface area contributed by atoms with E-state index in [9.17, 15) is 43.8 Å². The van der Waals surface area contributed by atoms with Crippen LogP contribution >= 0.6 is 0 Å². The number of hydrogen-bond donors (Lipinski definition) is 9. The Morgan fingerprint density at radius 2 is 0.613 bits per heavy atom. The highest BCUT2D eigenvalue weighted by Crippen LogP contribution is 2.48. The van der Waals surface area contributed by atoms with Gasteiger partial charge in [0.05, 0.1) is 56.3 Å². The quantitative estimate of drug-likeness (QED) is 0.0222. The van der Waals surface area contributed by atoms with E-state index in [-0.39, 0.29) is 88.9 Å². The Hall–Kier alpha value is -7.17. The third-order valence-electron chi connectivity index (χ3n) is 24.3. The van der Waals surface area contributed by atoms with E-state index in [0.717, 1.165) is 108 Å². The number of likely N-dealkylation sites (tertiary alicyclic amines) is 3. The van der Waals surface area contributed by atoms with Crippen LogP contribution in [0.3, 0.4) is 0 Å². The average Bonchev–Trinajstić information content (AvgIpc) is 1.69. The van der Waals surface area contributed by atoms with Crippen molar-refractivity contribution in [2.24, 2.45) is 17.8 Å². The summed E-state index contributed by atoms with van der Waals surface area (Å²) in [5.41, 5.74) is 7.57. The van der Waals surface area contributed by atoms with Crippen molar-refractivity contribution >= 4 is 32.7 Å². The number of nitrogens with zero attached hydrogens (tertiary/aromatic N) is 6. The van der Waals surface area contributed by atoms with Gasteiger partial charge >= 0.3 is 0 Å². The van der Waals surface area contributed by atoms with E-state index in [2.05, 4.69) is 50.4 Å². The Morgan fingerprint density at radius 1 is 0.378 bits per heavy atom. The summed E-state index contributed by atoms with van der Waals surface area (Å²) in [6, 6.07) is 27.2. The third kappa shape index (κ3) is 17.0. The Labute approximate surface area is 644 Å². The standard InChI is InChI=1S/3C29H36F3N3O2/c3*1-3-4-9-34-13-19(14-34)29(37)18-11-23(31)26(24(32)12-18)28-27-22(21-7-5-6-8-25(21)33-27)10-17(2)35(28)15-20(30)16-36/h3*5-8,11-12,17,19-20,28-29,33,36-37H,3-4,9-10,13-16H2,1-2H3/t17-,20+,28-,29-;17-,20-,28-,29+;17-,20-,28-,29-/m111/s1. The molecule has 24 heteroatoms. The summed E-state index contributed by atoms with van der Waals surface area (Å²) in [6.07, 6.45) is 0.815. The van der Waals surface area contributed by atoms with Crippen molar-refractivity contribution in [3.63, 3.8) is 0 Å². The third-order valence-corrected chi connectivity index (χ3v) is 24.3. The van der Waals surface area contributed by atoms with E-state index in [1.54, 1.807) is 14.7 Å². The predicted octanol–water partition coefficient (Wildman–Crippen LogP) is 14.6. The highest BCUT2D eigenvalue weighted by molar-refractivity contribution is 5.87. The van der Waals surface area contributed by atoms with Gasteiger partial charge in [-0.15, -0.1) is 0 Å². The average molecular weight is 1550 g/mol. The summed E-state index contributed by atoms with van der Waals surface area (Å²) >= 11 is 0. The first kappa shape index (κ1) is 81.8. The summed E-state index contributed by atoms with van der Waals surface area (Å²) in [5, 5.41) is 63.7. The molecule has 0 spiro atoms. The van der Waals surface area contributed by atoms with Gasteiger partial charge in [0.25, 0.3) is 0 Å². The molecule has 3 aromatic heterocycles. The lowest BCUT2D eigenvalue weighted by atomic mass is 9.85. The van der Waals surface area contributed by atoms with Gasteiger partial charge in [0.15, 0.2) is 0 Å². The maximum Gasteiger partial charge on any atom is 0.136 e. The molecule has 6 aromatic carbocycles. The predicted molar refractivity (Wildman–Crippen MR) is 414 cm³/mol. The second-order valence-electron chi connectivity index (χ2n) is 32.1. The number of aromatic nitrogens is 3. The number of fused-ring (bicyclic) bond motifs is 9. The monoisotopic (exact) mass is 1550 g/mol. The number of nitrogens with one attached hydrogen (secondary N) is 3. The van der Waals surface area contributed by atoms with E-state index in [1.807, 2.05) is 93.6 Å². The van der Waals surface area contributed by atoms with Crippen LogP contribution in [-0.2, 0) is 19.3 Å². The summed E-state index contributed by atoms with van der Waals surface area (Å²) in [4.78, 5) is 21.9. The zero-order chi connectivity index (χ0) is 78.8. The molecule has 3 fully saturated rings. The van der Waals surface area contributed by atoms with E-state index >= 15 is 26.3 Å². The molecule has 6 aliphatic rings. The molecule has 0 bridgehead atoms. The molecular formula is C87H108F9N9O6. The van der Waals surface area contributed by atoms with Crippen LogP contribution in [0, 0.1) is 52.7 Å². The topological polar surface area (TPSA) is 188 Å². The van der Waals surface area contributed by atoms with Crippen LogP contribution in [0.25, 0.3) is 32.7 Å². The zero-order valence-electron chi connectivity index (χ0n) is 64.3. The fourth-order valence-corrected chi connectivity index (χ4v) is 18.2. The van der Waals surface area contributed by atoms with Crippen molar-refractivity contribution < 1.29 is 70.2 Å². The SMILES string of the molecule is CCCCN1CC([C@@H](O)c2cc(F)c([C@@H]3c4[nH]c5ccccc5c4C[C@@H](C)N3C[C@@H](F)CO)c(F)c2)C1.CCCCN1CC([C@H](O)c2cc(F)c([C@@H]3c4[nH]c5ccccc5c4C[C@@H](C)N3C[C@@H](F)CO)c(F)c2)C1.CCCCN1CC([C@H](O)c2cc(F)c([C@@H]3c4[nH]c5ccccc5c4C[C@@H](C)N3C[C@H](F)CO)c(F)c2)C1.